The van der Waals surface area contributed by atoms with E-state index in [2.05, 4.69) is 10.2 Å². The average molecular weight is 523 g/mol. The van der Waals surface area contributed by atoms with Gasteiger partial charge >= 0.3 is 6.03 Å². The number of likely N-dealkylation sites (N-methyl/N-ethyl adjacent to an activating group) is 1. The van der Waals surface area contributed by atoms with Crippen LogP contribution in [0.25, 0.3) is 0 Å². The molecular formula is C25H38N4O4S2. The third kappa shape index (κ3) is 9.85. The first-order valence-electron chi connectivity index (χ1n) is 11.9. The van der Waals surface area contributed by atoms with Crippen molar-refractivity contribution in [1.29, 1.82) is 0 Å². The molecule has 1 atom stereocenters. The number of urea groups is 1. The Kier molecular flexibility index (Phi) is 11.6. The Morgan fingerprint density at radius 1 is 1.00 bits per heavy atom. The zero-order chi connectivity index (χ0) is 26.0. The largest absolute Gasteiger partial charge is 0.338 e. The van der Waals surface area contributed by atoms with Crippen molar-refractivity contribution in [2.24, 2.45) is 0 Å². The van der Waals surface area contributed by atoms with Crippen molar-refractivity contribution in [3.8, 4) is 0 Å². The topological polar surface area (TPSA) is 90.0 Å². The lowest BCUT2D eigenvalue weighted by atomic mass is 10.0. The Labute approximate surface area is 217 Å². The highest BCUT2D eigenvalue weighted by atomic mass is 32.2. The van der Waals surface area contributed by atoms with Gasteiger partial charge in [-0.15, -0.1) is 0 Å². The molecule has 0 aliphatic carbocycles. The third-order valence-electron chi connectivity index (χ3n) is 5.90. The number of amides is 3. The number of benzene rings is 1. The van der Waals surface area contributed by atoms with Crippen molar-refractivity contribution in [2.45, 2.75) is 44.9 Å². The maximum atomic E-state index is 13.6. The molecule has 1 aliphatic rings. The number of thioether (sulfide) groups is 2. The van der Waals surface area contributed by atoms with E-state index in [4.69, 9.17) is 0 Å². The van der Waals surface area contributed by atoms with Crippen LogP contribution in [0.5, 0.6) is 0 Å². The van der Waals surface area contributed by atoms with Gasteiger partial charge in [0, 0.05) is 63.6 Å². The van der Waals surface area contributed by atoms with Gasteiger partial charge in [0.2, 0.25) is 5.91 Å². The Morgan fingerprint density at radius 3 is 2.20 bits per heavy atom. The summed E-state index contributed by atoms with van der Waals surface area (Å²) in [4.78, 5) is 56.0. The quantitative estimate of drug-likeness (QED) is 0.505. The molecule has 0 radical (unpaired) electrons. The molecule has 1 N–H and O–H groups in total. The maximum absolute atomic E-state index is 13.6. The van der Waals surface area contributed by atoms with Crippen LogP contribution in [-0.4, -0.2) is 99.7 Å². The van der Waals surface area contributed by atoms with E-state index in [9.17, 15) is 19.2 Å². The molecular weight excluding hydrogens is 484 g/mol. The summed E-state index contributed by atoms with van der Waals surface area (Å²) < 4.78 is -0.832. The summed E-state index contributed by atoms with van der Waals surface area (Å²) in [6.07, 6.45) is 0.654. The maximum Gasteiger partial charge on any atom is 0.318 e. The van der Waals surface area contributed by atoms with Crippen LogP contribution >= 0.6 is 23.5 Å². The molecule has 0 spiro atoms. The molecule has 35 heavy (non-hydrogen) atoms. The van der Waals surface area contributed by atoms with Crippen molar-refractivity contribution in [2.75, 3.05) is 52.1 Å². The third-order valence-corrected chi connectivity index (χ3v) is 7.74. The van der Waals surface area contributed by atoms with Crippen LogP contribution in [0.3, 0.4) is 0 Å². The van der Waals surface area contributed by atoms with Crippen LogP contribution in [0.4, 0.5) is 4.79 Å². The van der Waals surface area contributed by atoms with Crippen molar-refractivity contribution in [3.05, 3.63) is 35.9 Å². The van der Waals surface area contributed by atoms with Crippen LogP contribution in [-0.2, 0) is 20.8 Å². The average Bonchev–Trinajstić information content (AvgIpc) is 2.79. The summed E-state index contributed by atoms with van der Waals surface area (Å²) in [5.74, 6) is 0.298. The summed E-state index contributed by atoms with van der Waals surface area (Å²) in [7, 11) is 2.01. The van der Waals surface area contributed by atoms with Gasteiger partial charge in [-0.1, -0.05) is 53.9 Å². The first-order chi connectivity index (χ1) is 16.5. The van der Waals surface area contributed by atoms with E-state index in [0.29, 0.717) is 38.4 Å². The standard InChI is InChI=1S/C25H38N4O4S2/c1-19(30)34-18-17-29(12-11-21-9-7-6-8-10-21)24(33)26-22(25(3,4)35-20(2)31)23(32)28-15-13-27(5)14-16-28/h6-10,22H,11-18H2,1-5H3,(H,26,33). The van der Waals surface area contributed by atoms with Gasteiger partial charge in [-0.25, -0.2) is 4.79 Å². The second-order valence-corrected chi connectivity index (χ2v) is 12.4. The first kappa shape index (κ1) is 29.2. The molecule has 1 aromatic carbocycles. The molecule has 2 rings (SSSR count). The van der Waals surface area contributed by atoms with Crippen molar-refractivity contribution in [1.82, 2.24) is 20.0 Å². The predicted octanol–water partition coefficient (Wildman–Crippen LogP) is 2.72. The lowest BCUT2D eigenvalue weighted by Crippen LogP contribution is -2.62. The summed E-state index contributed by atoms with van der Waals surface area (Å²) in [6.45, 7) is 10.1. The molecule has 1 unspecified atom stereocenters. The minimum Gasteiger partial charge on any atom is -0.338 e. The summed E-state index contributed by atoms with van der Waals surface area (Å²) in [5.41, 5.74) is 1.10. The number of carbonyl (C=O) groups excluding carboxylic acids is 4. The van der Waals surface area contributed by atoms with E-state index >= 15 is 0 Å². The smallest absolute Gasteiger partial charge is 0.318 e. The Morgan fingerprint density at radius 2 is 1.63 bits per heavy atom. The van der Waals surface area contributed by atoms with Gasteiger partial charge in [-0.3, -0.25) is 14.4 Å². The first-order valence-corrected chi connectivity index (χ1v) is 13.7. The zero-order valence-electron chi connectivity index (χ0n) is 21.4. The summed E-state index contributed by atoms with van der Waals surface area (Å²) in [6, 6.07) is 8.64. The van der Waals surface area contributed by atoms with Gasteiger partial charge in [0.15, 0.2) is 10.2 Å². The second kappa shape index (κ2) is 13.9. The molecule has 1 saturated heterocycles. The molecule has 3 amide bonds. The molecule has 8 nitrogen and oxygen atoms in total. The fourth-order valence-electron chi connectivity index (χ4n) is 3.91. The van der Waals surface area contributed by atoms with Crippen LogP contribution in [0.2, 0.25) is 0 Å². The van der Waals surface area contributed by atoms with E-state index in [1.54, 1.807) is 9.80 Å². The Bertz CT molecular complexity index is 873. The number of nitrogens with zero attached hydrogens (tertiary/aromatic N) is 3. The monoisotopic (exact) mass is 522 g/mol. The fraction of sp³-hybridized carbons (Fsp3) is 0.600. The number of hydrogen-bond acceptors (Lipinski definition) is 7. The number of hydrogen-bond donors (Lipinski definition) is 1. The molecule has 1 fully saturated rings. The van der Waals surface area contributed by atoms with E-state index < -0.39 is 10.8 Å². The summed E-state index contributed by atoms with van der Waals surface area (Å²) >= 11 is 2.24. The highest BCUT2D eigenvalue weighted by Gasteiger charge is 2.41. The van der Waals surface area contributed by atoms with Gasteiger partial charge in [-0.2, -0.15) is 0 Å². The molecule has 0 saturated carbocycles. The van der Waals surface area contributed by atoms with Crippen molar-refractivity contribution in [3.63, 3.8) is 0 Å². The zero-order valence-corrected chi connectivity index (χ0v) is 23.0. The molecule has 1 aliphatic heterocycles. The lowest BCUT2D eigenvalue weighted by Gasteiger charge is -2.40. The van der Waals surface area contributed by atoms with E-state index in [1.807, 2.05) is 51.2 Å². The van der Waals surface area contributed by atoms with Crippen LogP contribution in [0.1, 0.15) is 33.3 Å². The molecule has 10 heteroatoms. The molecule has 1 aromatic rings. The van der Waals surface area contributed by atoms with Crippen LogP contribution in [0, 0.1) is 0 Å². The lowest BCUT2D eigenvalue weighted by molar-refractivity contribution is -0.135. The number of piperazine rings is 1. The minimum absolute atomic E-state index is 0.00414. The Balaban J connectivity index is 2.20. The Hall–Kier alpha value is -2.04. The number of nitrogens with one attached hydrogen (secondary N) is 1. The minimum atomic E-state index is -0.869. The van der Waals surface area contributed by atoms with E-state index in [-0.39, 0.29) is 22.2 Å². The van der Waals surface area contributed by atoms with Crippen molar-refractivity contribution >= 4 is 45.7 Å². The fourth-order valence-corrected chi connectivity index (χ4v) is 5.53. The SMILES string of the molecule is CC(=O)SCCN(CCc1ccccc1)C(=O)NC(C(=O)N1CCN(C)CC1)C(C)(C)SC(C)=O. The molecule has 194 valence electrons. The highest BCUT2D eigenvalue weighted by Crippen LogP contribution is 2.30. The van der Waals surface area contributed by atoms with Gasteiger partial charge in [0.1, 0.15) is 6.04 Å². The number of carbonyl (C=O) groups is 4. The van der Waals surface area contributed by atoms with Crippen molar-refractivity contribution < 1.29 is 19.2 Å². The van der Waals surface area contributed by atoms with Gasteiger partial charge in [0.05, 0.1) is 0 Å². The molecule has 1 heterocycles. The predicted molar refractivity (Wildman–Crippen MR) is 144 cm³/mol. The van der Waals surface area contributed by atoms with Gasteiger partial charge in [0.25, 0.3) is 0 Å². The molecule has 0 bridgehead atoms. The van der Waals surface area contributed by atoms with E-state index in [0.717, 1.165) is 30.4 Å². The normalized spacial score (nSPS) is 15.4. The van der Waals surface area contributed by atoms with E-state index in [1.165, 1.54) is 25.6 Å². The van der Waals surface area contributed by atoms with Gasteiger partial charge in [-0.05, 0) is 32.9 Å². The summed E-state index contributed by atoms with van der Waals surface area (Å²) in [5, 5.41) is 2.84. The highest BCUT2D eigenvalue weighted by molar-refractivity contribution is 8.14. The number of rotatable bonds is 10. The van der Waals surface area contributed by atoms with Gasteiger partial charge < -0.3 is 20.0 Å². The van der Waals surface area contributed by atoms with Crippen LogP contribution < -0.4 is 5.32 Å². The molecule has 0 aromatic heterocycles. The second-order valence-electron chi connectivity index (χ2n) is 9.27. The van der Waals surface area contributed by atoms with Crippen LogP contribution in [0.15, 0.2) is 30.3 Å².